The summed E-state index contributed by atoms with van der Waals surface area (Å²) in [6.45, 7) is 2.31. The van der Waals surface area contributed by atoms with Gasteiger partial charge in [0, 0.05) is 19.0 Å². The number of nitrogens with zero attached hydrogens (tertiary/aromatic N) is 1. The summed E-state index contributed by atoms with van der Waals surface area (Å²) in [4.78, 5) is 13.7. The van der Waals surface area contributed by atoms with E-state index < -0.39 is 0 Å². The minimum absolute atomic E-state index is 0.114. The van der Waals surface area contributed by atoms with E-state index in [1.165, 1.54) is 0 Å². The quantitative estimate of drug-likeness (QED) is 0.431. The number of carbonyl (C=O) groups is 1. The molecule has 3 nitrogen and oxygen atoms in total. The van der Waals surface area contributed by atoms with Gasteiger partial charge in [0.1, 0.15) is 0 Å². The summed E-state index contributed by atoms with van der Waals surface area (Å²) in [5.41, 5.74) is 2.01. The molecule has 1 heterocycles. The molecule has 1 aliphatic carbocycles. The van der Waals surface area contributed by atoms with Crippen LogP contribution in [0.2, 0.25) is 0 Å². The van der Waals surface area contributed by atoms with Crippen LogP contribution in [0.1, 0.15) is 13.3 Å². The predicted octanol–water partition coefficient (Wildman–Crippen LogP) is -0.272. The van der Waals surface area contributed by atoms with Crippen LogP contribution in [0.15, 0.2) is 11.2 Å². The number of fused-ring (bicyclic) bond motifs is 1. The summed E-state index contributed by atoms with van der Waals surface area (Å²) in [5.74, 6) is 0.348. The lowest BCUT2D eigenvalue weighted by atomic mass is 9.96. The van der Waals surface area contributed by atoms with E-state index in [4.69, 9.17) is 4.74 Å². The Balaban J connectivity index is 2.18. The molecule has 13 heavy (non-hydrogen) atoms. The molecule has 2 rings (SSSR count). The van der Waals surface area contributed by atoms with Crippen LogP contribution >= 0.6 is 0 Å². The fourth-order valence-electron chi connectivity index (χ4n) is 2.13. The molecule has 0 spiro atoms. The minimum atomic E-state index is -0.114. The summed E-state index contributed by atoms with van der Waals surface area (Å²) >= 11 is 0. The maximum Gasteiger partial charge on any atom is 0.335 e. The maximum atomic E-state index is 11.5. The van der Waals surface area contributed by atoms with E-state index in [2.05, 4.69) is 4.90 Å². The summed E-state index contributed by atoms with van der Waals surface area (Å²) in [5, 5.41) is 0. The number of ether oxygens (including phenoxy) is 1. The van der Waals surface area contributed by atoms with Gasteiger partial charge in [-0.15, -0.1) is 0 Å². The second kappa shape index (κ2) is 2.79. The molecular formula is C9H14BNO2. The number of rotatable bonds is 2. The average molecular weight is 179 g/mol. The smallest absolute Gasteiger partial charge is 0.335 e. The van der Waals surface area contributed by atoms with Gasteiger partial charge in [0.2, 0.25) is 0 Å². The summed E-state index contributed by atoms with van der Waals surface area (Å²) < 4.78 is 5.02. The number of esters is 1. The fourth-order valence-corrected chi connectivity index (χ4v) is 2.13. The van der Waals surface area contributed by atoms with Gasteiger partial charge in [-0.3, -0.25) is 0 Å². The number of hydrogen-bond acceptors (Lipinski definition) is 3. The van der Waals surface area contributed by atoms with Crippen LogP contribution < -0.4 is 0 Å². The molecule has 1 fully saturated rings. The van der Waals surface area contributed by atoms with Crippen LogP contribution in [-0.2, 0) is 9.53 Å². The van der Waals surface area contributed by atoms with Crippen LogP contribution in [0.3, 0.4) is 0 Å². The second-order valence-electron chi connectivity index (χ2n) is 3.74. The zero-order valence-corrected chi connectivity index (χ0v) is 8.33. The van der Waals surface area contributed by atoms with Gasteiger partial charge in [-0.05, 0) is 18.9 Å². The highest BCUT2D eigenvalue weighted by Gasteiger charge is 2.51. The van der Waals surface area contributed by atoms with Crippen molar-refractivity contribution in [2.24, 2.45) is 5.92 Å². The van der Waals surface area contributed by atoms with Crippen LogP contribution in [0.5, 0.6) is 0 Å². The molecule has 2 atom stereocenters. The molecule has 0 N–H and O–H groups in total. The van der Waals surface area contributed by atoms with E-state index in [-0.39, 0.29) is 5.97 Å². The zero-order valence-electron chi connectivity index (χ0n) is 8.33. The van der Waals surface area contributed by atoms with Crippen LogP contribution in [0.4, 0.5) is 0 Å². The van der Waals surface area contributed by atoms with Gasteiger partial charge >= 0.3 is 5.97 Å². The lowest BCUT2D eigenvalue weighted by Crippen LogP contribution is -2.18. The van der Waals surface area contributed by atoms with E-state index in [0.717, 1.165) is 17.6 Å². The van der Waals surface area contributed by atoms with Gasteiger partial charge in [0.25, 0.3) is 0 Å². The first-order valence-electron chi connectivity index (χ1n) is 4.77. The highest BCUT2D eigenvalue weighted by Crippen LogP contribution is 2.49. The van der Waals surface area contributed by atoms with Gasteiger partial charge in [0.15, 0.2) is 7.85 Å². The van der Waals surface area contributed by atoms with Crippen molar-refractivity contribution in [3.05, 3.63) is 11.2 Å². The number of hydrogen-bond donors (Lipinski definition) is 0. The topological polar surface area (TPSA) is 29.5 Å². The molecule has 1 saturated carbocycles. The summed E-state index contributed by atoms with van der Waals surface area (Å²) in [6, 6.07) is 0.583. The summed E-state index contributed by atoms with van der Waals surface area (Å²) in [7, 11) is 4.05. The Hall–Kier alpha value is -0.925. The van der Waals surface area contributed by atoms with Crippen LogP contribution in [-0.4, -0.2) is 38.4 Å². The molecule has 2 aliphatic rings. The first-order valence-corrected chi connectivity index (χ1v) is 4.77. The molecule has 0 amide bonds. The first-order chi connectivity index (χ1) is 6.16. The van der Waals surface area contributed by atoms with Gasteiger partial charge in [0.05, 0.1) is 12.2 Å². The molecule has 0 aromatic carbocycles. The predicted molar refractivity (Wildman–Crippen MR) is 51.9 cm³/mol. The maximum absolute atomic E-state index is 11.5. The first kappa shape index (κ1) is 8.66. The molecule has 4 heteroatoms. The van der Waals surface area contributed by atoms with Crippen LogP contribution in [0, 0.1) is 5.92 Å². The lowest BCUT2D eigenvalue weighted by molar-refractivity contribution is -0.138. The van der Waals surface area contributed by atoms with Crippen LogP contribution in [0.25, 0.3) is 0 Å². The van der Waals surface area contributed by atoms with Gasteiger partial charge in [-0.1, -0.05) is 0 Å². The molecule has 0 saturated heterocycles. The largest absolute Gasteiger partial charge is 0.463 e. The number of carbonyl (C=O) groups excluding carboxylic acids is 1. The third kappa shape index (κ3) is 1.16. The highest BCUT2D eigenvalue weighted by molar-refractivity contribution is 6.24. The van der Waals surface area contributed by atoms with Crippen molar-refractivity contribution in [1.29, 1.82) is 0 Å². The van der Waals surface area contributed by atoms with Gasteiger partial charge < -0.3 is 9.64 Å². The standard InChI is InChI=1S/C9H14BNO2/c1-3-13-9(12)7-5-4-6(5)11(2)8(7)10/h5-6H,3-4,10H2,1-2H3. The third-order valence-corrected chi connectivity index (χ3v) is 3.04. The van der Waals surface area contributed by atoms with E-state index in [1.54, 1.807) is 0 Å². The average Bonchev–Trinajstić information content (AvgIpc) is 2.79. The molecule has 0 bridgehead atoms. The van der Waals surface area contributed by atoms with E-state index in [0.29, 0.717) is 18.6 Å². The molecular weight excluding hydrogens is 165 g/mol. The molecule has 0 aromatic heterocycles. The highest BCUT2D eigenvalue weighted by atomic mass is 16.5. The van der Waals surface area contributed by atoms with Crippen molar-refractivity contribution in [3.63, 3.8) is 0 Å². The van der Waals surface area contributed by atoms with Crippen molar-refractivity contribution in [1.82, 2.24) is 4.90 Å². The molecule has 70 valence electrons. The lowest BCUT2D eigenvalue weighted by Gasteiger charge is -2.16. The van der Waals surface area contributed by atoms with E-state index in [1.807, 2.05) is 21.8 Å². The Morgan fingerprint density at radius 1 is 1.77 bits per heavy atom. The Morgan fingerprint density at radius 2 is 2.46 bits per heavy atom. The normalized spacial score (nSPS) is 30.5. The molecule has 0 radical (unpaired) electrons. The fraction of sp³-hybridized carbons (Fsp3) is 0.667. The zero-order chi connectivity index (χ0) is 9.59. The molecule has 0 aromatic rings. The van der Waals surface area contributed by atoms with E-state index >= 15 is 0 Å². The minimum Gasteiger partial charge on any atom is -0.463 e. The van der Waals surface area contributed by atoms with Crippen molar-refractivity contribution in [3.8, 4) is 0 Å². The van der Waals surface area contributed by atoms with Crippen molar-refractivity contribution >= 4 is 13.8 Å². The Kier molecular flexibility index (Phi) is 1.86. The van der Waals surface area contributed by atoms with E-state index in [9.17, 15) is 4.79 Å². The molecule has 2 unspecified atom stereocenters. The van der Waals surface area contributed by atoms with Crippen molar-refractivity contribution in [2.45, 2.75) is 19.4 Å². The summed E-state index contributed by atoms with van der Waals surface area (Å²) in [6.07, 6.45) is 1.13. The Labute approximate surface area is 79.1 Å². The molecule has 1 aliphatic heterocycles. The second-order valence-corrected chi connectivity index (χ2v) is 3.74. The Bertz CT molecular complexity index is 287. The monoisotopic (exact) mass is 179 g/mol. The van der Waals surface area contributed by atoms with Gasteiger partial charge in [-0.25, -0.2) is 4.79 Å². The Morgan fingerprint density at radius 3 is 2.92 bits per heavy atom. The third-order valence-electron chi connectivity index (χ3n) is 3.04. The SMILES string of the molecule is BC1=C(C(=O)OCC)C2CC2N1C. The van der Waals surface area contributed by atoms with Crippen molar-refractivity contribution in [2.75, 3.05) is 13.7 Å². The van der Waals surface area contributed by atoms with Gasteiger partial charge in [-0.2, -0.15) is 0 Å². The van der Waals surface area contributed by atoms with Crippen molar-refractivity contribution < 1.29 is 9.53 Å².